The molecule has 0 spiro atoms. The molecule has 0 radical (unpaired) electrons. The molecule has 5 rings (SSSR count). The fraction of sp³-hybridized carbons (Fsp3) is 0.389. The van der Waals surface area contributed by atoms with E-state index in [9.17, 15) is 4.79 Å². The number of nitrogens with zero attached hydrogens (tertiary/aromatic N) is 3. The Labute approximate surface area is 153 Å². The summed E-state index contributed by atoms with van der Waals surface area (Å²) in [6, 6.07) is 5.72. The molecule has 3 heterocycles. The van der Waals surface area contributed by atoms with Crippen LogP contribution in [0.4, 0.5) is 0 Å². The topological polar surface area (TPSA) is 77.7 Å². The summed E-state index contributed by atoms with van der Waals surface area (Å²) in [6.45, 7) is 0.701. The lowest BCUT2D eigenvalue weighted by Crippen LogP contribution is -2.41. The lowest BCUT2D eigenvalue weighted by atomic mass is 10.0. The predicted octanol–water partition coefficient (Wildman–Crippen LogP) is 3.32. The van der Waals surface area contributed by atoms with Crippen molar-refractivity contribution in [3.05, 3.63) is 46.2 Å². The van der Waals surface area contributed by atoms with Crippen molar-refractivity contribution >= 4 is 32.9 Å². The first-order valence-corrected chi connectivity index (χ1v) is 9.45. The highest BCUT2D eigenvalue weighted by atomic mass is 79.9. The Bertz CT molecular complexity index is 957. The lowest BCUT2D eigenvalue weighted by Gasteiger charge is -2.34. The third kappa shape index (κ3) is 2.66. The van der Waals surface area contributed by atoms with Gasteiger partial charge in [-0.15, -0.1) is 0 Å². The van der Waals surface area contributed by atoms with Gasteiger partial charge in [0.15, 0.2) is 0 Å². The van der Waals surface area contributed by atoms with Gasteiger partial charge in [0.05, 0.1) is 23.1 Å². The highest BCUT2D eigenvalue weighted by Crippen LogP contribution is 2.37. The summed E-state index contributed by atoms with van der Waals surface area (Å²) < 4.78 is 1.00. The number of rotatable bonds is 3. The minimum atomic E-state index is -0.243. The monoisotopic (exact) mass is 399 g/mol. The van der Waals surface area contributed by atoms with Gasteiger partial charge in [-0.2, -0.15) is 0 Å². The van der Waals surface area contributed by atoms with E-state index in [2.05, 4.69) is 30.9 Å². The van der Waals surface area contributed by atoms with Crippen LogP contribution in [0.5, 0.6) is 0 Å². The fourth-order valence-electron chi connectivity index (χ4n) is 3.64. The van der Waals surface area contributed by atoms with Crippen molar-refractivity contribution in [2.75, 3.05) is 6.54 Å². The quantitative estimate of drug-likeness (QED) is 0.708. The number of H-pyrrole nitrogens is 2. The van der Waals surface area contributed by atoms with E-state index in [4.69, 9.17) is 4.98 Å². The molecule has 1 aromatic carbocycles. The van der Waals surface area contributed by atoms with Crippen LogP contribution in [0.3, 0.4) is 0 Å². The molecule has 2 N–H and O–H groups in total. The first-order chi connectivity index (χ1) is 12.2. The van der Waals surface area contributed by atoms with Gasteiger partial charge in [-0.1, -0.05) is 15.9 Å². The predicted molar refractivity (Wildman–Crippen MR) is 97.0 cm³/mol. The van der Waals surface area contributed by atoms with Crippen molar-refractivity contribution in [2.24, 2.45) is 5.92 Å². The standard InChI is InChI=1S/C18H18BrN5O/c19-11-3-4-12-14(8-11)23-18(22-12)17-16-13(20-9-21-16)5-6-24(17)15(25)7-10-1-2-10/h3-4,8-10,17H,1-2,5-7H2,(H,20,21)(H,22,23)/t17-/m0/s1. The van der Waals surface area contributed by atoms with Crippen molar-refractivity contribution in [1.82, 2.24) is 24.8 Å². The van der Waals surface area contributed by atoms with Gasteiger partial charge in [0.2, 0.25) is 5.91 Å². The Morgan fingerprint density at radius 2 is 2.24 bits per heavy atom. The van der Waals surface area contributed by atoms with Gasteiger partial charge < -0.3 is 14.9 Å². The van der Waals surface area contributed by atoms with E-state index in [-0.39, 0.29) is 11.9 Å². The van der Waals surface area contributed by atoms with Crippen molar-refractivity contribution in [3.8, 4) is 0 Å². The first-order valence-electron chi connectivity index (χ1n) is 8.66. The number of carbonyl (C=O) groups excluding carboxylic acids is 1. The molecule has 0 saturated heterocycles. The van der Waals surface area contributed by atoms with Crippen LogP contribution in [0.25, 0.3) is 11.0 Å². The second-order valence-electron chi connectivity index (χ2n) is 6.94. The molecule has 1 saturated carbocycles. The highest BCUT2D eigenvalue weighted by molar-refractivity contribution is 9.10. The van der Waals surface area contributed by atoms with Crippen molar-refractivity contribution in [2.45, 2.75) is 31.7 Å². The van der Waals surface area contributed by atoms with Crippen LogP contribution in [-0.2, 0) is 11.2 Å². The molecular formula is C18H18BrN5O. The Hall–Kier alpha value is -2.15. The molecule has 1 aliphatic carbocycles. The number of hydrogen-bond donors (Lipinski definition) is 2. The third-order valence-electron chi connectivity index (χ3n) is 5.13. The van der Waals surface area contributed by atoms with Crippen LogP contribution < -0.4 is 0 Å². The molecule has 7 heteroatoms. The SMILES string of the molecule is O=C(CC1CC1)N1CCc2[nH]cnc2[C@H]1c1nc2ccc(Br)cc2[nH]1. The molecule has 1 aliphatic heterocycles. The van der Waals surface area contributed by atoms with E-state index in [0.29, 0.717) is 18.9 Å². The molecule has 6 nitrogen and oxygen atoms in total. The Kier molecular flexibility index (Phi) is 3.45. The summed E-state index contributed by atoms with van der Waals surface area (Å²) in [4.78, 5) is 30.7. The van der Waals surface area contributed by atoms with E-state index in [1.54, 1.807) is 6.33 Å². The van der Waals surface area contributed by atoms with E-state index in [1.165, 1.54) is 12.8 Å². The molecule has 25 heavy (non-hydrogen) atoms. The number of carbonyl (C=O) groups is 1. The maximum Gasteiger partial charge on any atom is 0.223 e. The molecule has 2 aliphatic rings. The molecule has 1 fully saturated rings. The van der Waals surface area contributed by atoms with Gasteiger partial charge in [0.1, 0.15) is 11.9 Å². The third-order valence-corrected chi connectivity index (χ3v) is 5.62. The van der Waals surface area contributed by atoms with Crippen molar-refractivity contribution in [3.63, 3.8) is 0 Å². The van der Waals surface area contributed by atoms with Crippen molar-refractivity contribution in [1.29, 1.82) is 0 Å². The fourth-order valence-corrected chi connectivity index (χ4v) is 4.00. The average Bonchev–Trinajstić information content (AvgIpc) is 3.12. The molecule has 1 amide bonds. The number of hydrogen-bond acceptors (Lipinski definition) is 3. The number of aromatic nitrogens is 4. The minimum absolute atomic E-state index is 0.211. The number of halogens is 1. The number of fused-ring (bicyclic) bond motifs is 2. The maximum absolute atomic E-state index is 12.9. The summed E-state index contributed by atoms with van der Waals surface area (Å²) >= 11 is 3.50. The van der Waals surface area contributed by atoms with Crippen LogP contribution in [0.2, 0.25) is 0 Å². The zero-order valence-electron chi connectivity index (χ0n) is 13.6. The molecule has 128 valence electrons. The lowest BCUT2D eigenvalue weighted by molar-refractivity contribution is -0.133. The van der Waals surface area contributed by atoms with E-state index in [1.807, 2.05) is 23.1 Å². The van der Waals surface area contributed by atoms with E-state index < -0.39 is 0 Å². The molecule has 0 bridgehead atoms. The first kappa shape index (κ1) is 15.1. The minimum Gasteiger partial charge on any atom is -0.348 e. The zero-order chi connectivity index (χ0) is 17.0. The number of nitrogens with one attached hydrogen (secondary N) is 2. The number of imidazole rings is 2. The summed E-state index contributed by atoms with van der Waals surface area (Å²) in [6.07, 6.45) is 5.52. The second-order valence-corrected chi connectivity index (χ2v) is 7.85. The zero-order valence-corrected chi connectivity index (χ0v) is 15.2. The van der Waals surface area contributed by atoms with E-state index >= 15 is 0 Å². The van der Waals surface area contributed by atoms with Gasteiger partial charge in [0.25, 0.3) is 0 Å². The smallest absolute Gasteiger partial charge is 0.223 e. The van der Waals surface area contributed by atoms with Gasteiger partial charge >= 0.3 is 0 Å². The molecule has 3 aromatic rings. The van der Waals surface area contributed by atoms with Crippen LogP contribution >= 0.6 is 15.9 Å². The maximum atomic E-state index is 12.9. The van der Waals surface area contributed by atoms with E-state index in [0.717, 1.165) is 39.1 Å². The van der Waals surface area contributed by atoms with Crippen LogP contribution in [0.15, 0.2) is 29.0 Å². The van der Waals surface area contributed by atoms with Crippen LogP contribution in [0, 0.1) is 5.92 Å². The largest absolute Gasteiger partial charge is 0.348 e. The van der Waals surface area contributed by atoms with Gasteiger partial charge in [-0.3, -0.25) is 4.79 Å². The average molecular weight is 400 g/mol. The number of aromatic amines is 2. The van der Waals surface area contributed by atoms with Crippen molar-refractivity contribution < 1.29 is 4.79 Å². The van der Waals surface area contributed by atoms with Crippen LogP contribution in [-0.4, -0.2) is 37.3 Å². The summed E-state index contributed by atoms with van der Waals surface area (Å²) in [7, 11) is 0. The van der Waals surface area contributed by atoms with Crippen LogP contribution in [0.1, 0.15) is 42.5 Å². The van der Waals surface area contributed by atoms with Gasteiger partial charge in [-0.25, -0.2) is 9.97 Å². The molecule has 0 unspecified atom stereocenters. The molecule has 1 atom stereocenters. The Morgan fingerprint density at radius 1 is 1.36 bits per heavy atom. The van der Waals surface area contributed by atoms with Gasteiger partial charge in [-0.05, 0) is 37.0 Å². The summed E-state index contributed by atoms with van der Waals surface area (Å²) in [5.74, 6) is 1.56. The Morgan fingerprint density at radius 3 is 3.08 bits per heavy atom. The van der Waals surface area contributed by atoms with Gasteiger partial charge in [0, 0.05) is 29.6 Å². The summed E-state index contributed by atoms with van der Waals surface area (Å²) in [5, 5.41) is 0. The number of amides is 1. The number of benzene rings is 1. The molecular weight excluding hydrogens is 382 g/mol. The Balaban J connectivity index is 1.58. The highest BCUT2D eigenvalue weighted by Gasteiger charge is 2.37. The second kappa shape index (κ2) is 5.69. The normalized spacial score (nSPS) is 20.0. The summed E-state index contributed by atoms with van der Waals surface area (Å²) in [5.41, 5.74) is 3.87. The molecule has 2 aromatic heterocycles.